The monoisotopic (exact) mass is 258 g/mol. The van der Waals surface area contributed by atoms with E-state index >= 15 is 0 Å². The van der Waals surface area contributed by atoms with Crippen LogP contribution in [-0.4, -0.2) is 29.5 Å². The number of ether oxygens (including phenoxy) is 1. The first-order valence-corrected chi connectivity index (χ1v) is 6.50. The maximum absolute atomic E-state index is 5.73. The van der Waals surface area contributed by atoms with Gasteiger partial charge in [-0.15, -0.1) is 0 Å². The zero-order valence-electron chi connectivity index (χ0n) is 11.0. The van der Waals surface area contributed by atoms with Gasteiger partial charge in [-0.1, -0.05) is 12.1 Å². The first kappa shape index (κ1) is 12.2. The van der Waals surface area contributed by atoms with E-state index in [1.54, 1.807) is 4.68 Å². The van der Waals surface area contributed by atoms with Crippen LogP contribution in [0.1, 0.15) is 11.7 Å². The van der Waals surface area contributed by atoms with Crippen molar-refractivity contribution in [1.82, 2.24) is 15.1 Å². The fourth-order valence-corrected chi connectivity index (χ4v) is 2.19. The Hall–Kier alpha value is -1.85. The molecule has 2 aromatic rings. The molecule has 1 aliphatic rings. The molecular weight excluding hydrogens is 240 g/mol. The second-order valence-electron chi connectivity index (χ2n) is 4.69. The number of anilines is 2. The zero-order chi connectivity index (χ0) is 13.1. The highest BCUT2D eigenvalue weighted by atomic mass is 16.5. The summed E-state index contributed by atoms with van der Waals surface area (Å²) in [6.45, 7) is 2.60. The number of hydrogen-bond donors (Lipinski definition) is 2. The van der Waals surface area contributed by atoms with Crippen LogP contribution in [0.15, 0.2) is 36.5 Å². The average Bonchev–Trinajstić information content (AvgIpc) is 2.86. The van der Waals surface area contributed by atoms with Crippen molar-refractivity contribution in [2.75, 3.05) is 25.0 Å². The first-order valence-electron chi connectivity index (χ1n) is 6.50. The molecule has 1 unspecified atom stereocenters. The lowest BCUT2D eigenvalue weighted by molar-refractivity contribution is 0.0277. The van der Waals surface area contributed by atoms with Crippen LogP contribution in [0.4, 0.5) is 11.5 Å². The lowest BCUT2D eigenvalue weighted by atomic mass is 10.1. The van der Waals surface area contributed by atoms with Gasteiger partial charge in [0.2, 0.25) is 0 Å². The van der Waals surface area contributed by atoms with Gasteiger partial charge in [-0.3, -0.25) is 4.68 Å². The molecule has 1 aromatic carbocycles. The minimum atomic E-state index is 0.164. The van der Waals surface area contributed by atoms with E-state index in [0.717, 1.165) is 31.2 Å². The van der Waals surface area contributed by atoms with E-state index in [1.165, 1.54) is 5.56 Å². The lowest BCUT2D eigenvalue weighted by Gasteiger charge is -2.24. The van der Waals surface area contributed by atoms with Crippen LogP contribution < -0.4 is 10.6 Å². The van der Waals surface area contributed by atoms with Crippen molar-refractivity contribution < 1.29 is 4.74 Å². The first-order chi connectivity index (χ1) is 9.31. The smallest absolute Gasteiger partial charge is 0.152 e. The molecule has 2 N–H and O–H groups in total. The molecule has 0 saturated carbocycles. The highest BCUT2D eigenvalue weighted by molar-refractivity contribution is 5.56. The number of aromatic nitrogens is 2. The topological polar surface area (TPSA) is 51.1 Å². The zero-order valence-corrected chi connectivity index (χ0v) is 11.0. The van der Waals surface area contributed by atoms with E-state index in [2.05, 4.69) is 40.0 Å². The van der Waals surface area contributed by atoms with Gasteiger partial charge in [0, 0.05) is 38.1 Å². The number of hydrogen-bond acceptors (Lipinski definition) is 4. The standard InChI is InChI=1S/C14H18N4O/c1-18-8-6-14(17-18)16-12-4-2-11(3-5-12)13-10-15-7-9-19-13/h2-6,8,13,15H,7,9-10H2,1H3,(H,16,17). The minimum Gasteiger partial charge on any atom is -0.371 e. The summed E-state index contributed by atoms with van der Waals surface area (Å²) >= 11 is 0. The Balaban J connectivity index is 1.68. The van der Waals surface area contributed by atoms with Crippen molar-refractivity contribution in [1.29, 1.82) is 0 Å². The van der Waals surface area contributed by atoms with Crippen LogP contribution in [0, 0.1) is 0 Å². The third-order valence-electron chi connectivity index (χ3n) is 3.20. The Morgan fingerprint density at radius 1 is 1.32 bits per heavy atom. The fourth-order valence-electron chi connectivity index (χ4n) is 2.19. The molecule has 3 rings (SSSR count). The molecule has 5 nitrogen and oxygen atoms in total. The van der Waals surface area contributed by atoms with E-state index in [4.69, 9.17) is 4.74 Å². The molecule has 0 radical (unpaired) electrons. The van der Waals surface area contributed by atoms with Crippen molar-refractivity contribution in [3.8, 4) is 0 Å². The summed E-state index contributed by atoms with van der Waals surface area (Å²) < 4.78 is 7.50. The summed E-state index contributed by atoms with van der Waals surface area (Å²) in [4.78, 5) is 0. The molecule has 1 saturated heterocycles. The molecule has 1 aromatic heterocycles. The van der Waals surface area contributed by atoms with E-state index in [1.807, 2.05) is 19.3 Å². The molecule has 1 aliphatic heterocycles. The summed E-state index contributed by atoms with van der Waals surface area (Å²) in [6, 6.07) is 10.3. The molecule has 100 valence electrons. The third-order valence-corrected chi connectivity index (χ3v) is 3.20. The molecule has 0 bridgehead atoms. The predicted octanol–water partition coefficient (Wildman–Crippen LogP) is 1.82. The number of benzene rings is 1. The average molecular weight is 258 g/mol. The summed E-state index contributed by atoms with van der Waals surface area (Å²) in [5.74, 6) is 0.853. The number of aryl methyl sites for hydroxylation is 1. The maximum atomic E-state index is 5.73. The van der Waals surface area contributed by atoms with Gasteiger partial charge in [0.25, 0.3) is 0 Å². The third kappa shape index (κ3) is 2.94. The van der Waals surface area contributed by atoms with Gasteiger partial charge in [0.1, 0.15) is 0 Å². The Kier molecular flexibility index (Phi) is 3.48. The van der Waals surface area contributed by atoms with Crippen LogP contribution in [0.2, 0.25) is 0 Å². The van der Waals surface area contributed by atoms with E-state index in [0.29, 0.717) is 0 Å². The normalized spacial score (nSPS) is 19.3. The summed E-state index contributed by atoms with van der Waals surface area (Å²) in [6.07, 6.45) is 2.08. The number of morpholine rings is 1. The van der Waals surface area contributed by atoms with Gasteiger partial charge < -0.3 is 15.4 Å². The number of nitrogens with zero attached hydrogens (tertiary/aromatic N) is 2. The van der Waals surface area contributed by atoms with Gasteiger partial charge in [0.05, 0.1) is 12.7 Å². The highest BCUT2D eigenvalue weighted by Crippen LogP contribution is 2.22. The molecule has 5 heteroatoms. The van der Waals surface area contributed by atoms with E-state index in [-0.39, 0.29) is 6.10 Å². The number of rotatable bonds is 3. The lowest BCUT2D eigenvalue weighted by Crippen LogP contribution is -2.33. The van der Waals surface area contributed by atoms with Gasteiger partial charge in [-0.25, -0.2) is 0 Å². The highest BCUT2D eigenvalue weighted by Gasteiger charge is 2.15. The summed E-state index contributed by atoms with van der Waals surface area (Å²) in [5, 5.41) is 10.9. The van der Waals surface area contributed by atoms with Crippen LogP contribution in [-0.2, 0) is 11.8 Å². The van der Waals surface area contributed by atoms with Crippen LogP contribution in [0.5, 0.6) is 0 Å². The molecule has 0 amide bonds. The van der Waals surface area contributed by atoms with Crippen LogP contribution in [0.25, 0.3) is 0 Å². The molecule has 1 fully saturated rings. The quantitative estimate of drug-likeness (QED) is 0.882. The molecule has 2 heterocycles. The SMILES string of the molecule is Cn1ccc(Nc2ccc(C3CNCCO3)cc2)n1. The predicted molar refractivity (Wildman–Crippen MR) is 74.5 cm³/mol. The molecule has 19 heavy (non-hydrogen) atoms. The second-order valence-corrected chi connectivity index (χ2v) is 4.69. The molecule has 0 spiro atoms. The van der Waals surface area contributed by atoms with Gasteiger partial charge in [-0.05, 0) is 17.7 Å². The Morgan fingerprint density at radius 3 is 2.79 bits per heavy atom. The minimum absolute atomic E-state index is 0.164. The Morgan fingerprint density at radius 2 is 2.16 bits per heavy atom. The van der Waals surface area contributed by atoms with E-state index in [9.17, 15) is 0 Å². The summed E-state index contributed by atoms with van der Waals surface area (Å²) in [7, 11) is 1.90. The van der Waals surface area contributed by atoms with Crippen molar-refractivity contribution in [2.45, 2.75) is 6.10 Å². The Bertz CT molecular complexity index is 529. The van der Waals surface area contributed by atoms with Crippen molar-refractivity contribution in [3.05, 3.63) is 42.1 Å². The molecule has 1 atom stereocenters. The largest absolute Gasteiger partial charge is 0.371 e. The number of nitrogens with one attached hydrogen (secondary N) is 2. The van der Waals surface area contributed by atoms with Gasteiger partial charge in [0.15, 0.2) is 5.82 Å². The van der Waals surface area contributed by atoms with Crippen molar-refractivity contribution in [3.63, 3.8) is 0 Å². The van der Waals surface area contributed by atoms with Crippen LogP contribution in [0.3, 0.4) is 0 Å². The van der Waals surface area contributed by atoms with Crippen LogP contribution >= 0.6 is 0 Å². The maximum Gasteiger partial charge on any atom is 0.152 e. The fraction of sp³-hybridized carbons (Fsp3) is 0.357. The second kappa shape index (κ2) is 5.42. The van der Waals surface area contributed by atoms with E-state index < -0.39 is 0 Å². The van der Waals surface area contributed by atoms with Crippen molar-refractivity contribution in [2.24, 2.45) is 7.05 Å². The van der Waals surface area contributed by atoms with Gasteiger partial charge in [-0.2, -0.15) is 5.10 Å². The molecule has 0 aliphatic carbocycles. The summed E-state index contributed by atoms with van der Waals surface area (Å²) in [5.41, 5.74) is 2.24. The Labute approximate surface area is 112 Å². The molecular formula is C14H18N4O. The van der Waals surface area contributed by atoms with Crippen molar-refractivity contribution >= 4 is 11.5 Å². The van der Waals surface area contributed by atoms with Gasteiger partial charge >= 0.3 is 0 Å².